The van der Waals surface area contributed by atoms with Gasteiger partial charge in [-0.25, -0.2) is 8.78 Å². The largest absolute Gasteiger partial charge is 0.508 e. The first-order valence-electron chi connectivity index (χ1n) is 25.2. The summed E-state index contributed by atoms with van der Waals surface area (Å²) in [6.45, 7) is 17.1. The van der Waals surface area contributed by atoms with Crippen LogP contribution in [0.2, 0.25) is 0 Å². The van der Waals surface area contributed by atoms with Gasteiger partial charge in [0.05, 0.1) is 41.3 Å². The molecule has 0 spiro atoms. The van der Waals surface area contributed by atoms with Crippen molar-refractivity contribution in [3.63, 3.8) is 0 Å². The number of hydrogen-bond donors (Lipinski definition) is 1. The Hall–Kier alpha value is -6.91. The molecule has 0 bridgehead atoms. The lowest BCUT2D eigenvalue weighted by atomic mass is 9.81. The second-order valence-electron chi connectivity index (χ2n) is 20.0. The van der Waals surface area contributed by atoms with Gasteiger partial charge in [-0.3, -0.25) is 9.59 Å². The predicted octanol–water partition coefficient (Wildman–Crippen LogP) is 16.5. The summed E-state index contributed by atoms with van der Waals surface area (Å²) < 4.78 is 55.4. The fourth-order valence-corrected chi connectivity index (χ4v) is 8.37. The molecule has 0 saturated heterocycles. The van der Waals surface area contributed by atoms with Crippen LogP contribution < -0.4 is 14.2 Å². The molecule has 0 unspecified atom stereocenters. The molecular weight excluding hydrogens is 970 g/mol. The Balaban J connectivity index is 0.000000269. The van der Waals surface area contributed by atoms with Crippen molar-refractivity contribution >= 4 is 23.5 Å². The minimum absolute atomic E-state index is 0.00278. The zero-order valence-corrected chi connectivity index (χ0v) is 46.4. The zero-order chi connectivity index (χ0) is 55.3. The van der Waals surface area contributed by atoms with Crippen molar-refractivity contribution < 1.29 is 47.2 Å². The summed E-state index contributed by atoms with van der Waals surface area (Å²) in [4.78, 5) is 23.2. The van der Waals surface area contributed by atoms with Gasteiger partial charge in [-0.05, 0) is 141 Å². The van der Waals surface area contributed by atoms with E-state index in [4.69, 9.17) is 30.5 Å². The second-order valence-corrected chi connectivity index (χ2v) is 20.2. The van der Waals surface area contributed by atoms with Gasteiger partial charge in [0.25, 0.3) is 0 Å². The number of esters is 2. The van der Waals surface area contributed by atoms with Crippen LogP contribution in [0.25, 0.3) is 22.3 Å². The SMILES string of the molecule is CC/C=C\[C@@H](CC(=O)OC)c1ccc(O)cc1.CC/C=C\[C@@H](CC(=O)OC)c1ccc(OCc2ccc(C(C)(C)C)c(-c3cc(OC)ccc3F)c2)cc1.COc1ccc(F)c(-c2cc(CCl)ccc2C(C)(C)C)c1. The molecule has 0 aromatic heterocycles. The molecule has 8 nitrogen and oxygen atoms in total. The van der Waals surface area contributed by atoms with E-state index >= 15 is 0 Å². The Kier molecular flexibility index (Phi) is 23.7. The lowest BCUT2D eigenvalue weighted by Gasteiger charge is -2.24. The molecule has 1 N–H and O–H groups in total. The number of aromatic hydroxyl groups is 1. The average Bonchev–Trinajstić information content (AvgIpc) is 3.40. The Labute approximate surface area is 449 Å². The first kappa shape index (κ1) is 60.6. The first-order chi connectivity index (χ1) is 35.7. The van der Waals surface area contributed by atoms with E-state index in [2.05, 4.69) is 59.3 Å². The van der Waals surface area contributed by atoms with E-state index in [1.165, 1.54) is 26.4 Å². The summed E-state index contributed by atoms with van der Waals surface area (Å²) in [5, 5.41) is 9.23. The van der Waals surface area contributed by atoms with Crippen molar-refractivity contribution in [1.82, 2.24) is 0 Å². The highest BCUT2D eigenvalue weighted by Gasteiger charge is 2.23. The van der Waals surface area contributed by atoms with Crippen LogP contribution in [0.1, 0.15) is 126 Å². The highest BCUT2D eigenvalue weighted by molar-refractivity contribution is 6.17. The van der Waals surface area contributed by atoms with Crippen LogP contribution in [-0.4, -0.2) is 45.5 Å². The number of alkyl halides is 1. The van der Waals surface area contributed by atoms with Crippen molar-refractivity contribution in [2.24, 2.45) is 0 Å². The molecule has 75 heavy (non-hydrogen) atoms. The Morgan fingerprint density at radius 1 is 0.547 bits per heavy atom. The van der Waals surface area contributed by atoms with Crippen LogP contribution >= 0.6 is 11.6 Å². The summed E-state index contributed by atoms with van der Waals surface area (Å²) >= 11 is 5.93. The van der Waals surface area contributed by atoms with E-state index in [-0.39, 0.29) is 58.4 Å². The van der Waals surface area contributed by atoms with Crippen LogP contribution in [-0.2, 0) is 42.4 Å². The van der Waals surface area contributed by atoms with Crippen LogP contribution in [0.15, 0.2) is 146 Å². The highest BCUT2D eigenvalue weighted by Crippen LogP contribution is 2.39. The number of ether oxygens (including phenoxy) is 5. The molecule has 2 atom stereocenters. The molecule has 0 radical (unpaired) electrons. The summed E-state index contributed by atoms with van der Waals surface area (Å²) in [6.07, 6.45) is 10.6. The fraction of sp³-hybridized carbons (Fsp3) is 0.344. The third-order valence-corrected chi connectivity index (χ3v) is 12.6. The van der Waals surface area contributed by atoms with Gasteiger partial charge in [-0.15, -0.1) is 11.6 Å². The Morgan fingerprint density at radius 2 is 0.947 bits per heavy atom. The summed E-state index contributed by atoms with van der Waals surface area (Å²) in [6, 6.07) is 36.3. The van der Waals surface area contributed by atoms with Gasteiger partial charge in [0.1, 0.15) is 41.2 Å². The van der Waals surface area contributed by atoms with Gasteiger partial charge in [-0.1, -0.05) is 128 Å². The van der Waals surface area contributed by atoms with Crippen LogP contribution in [0.5, 0.6) is 23.0 Å². The van der Waals surface area contributed by atoms with Crippen LogP contribution in [0.3, 0.4) is 0 Å². The van der Waals surface area contributed by atoms with E-state index in [1.54, 1.807) is 50.6 Å². The van der Waals surface area contributed by atoms with Crippen LogP contribution in [0.4, 0.5) is 8.78 Å². The van der Waals surface area contributed by atoms with Gasteiger partial charge in [0.2, 0.25) is 0 Å². The Bertz CT molecular complexity index is 2820. The molecule has 0 heterocycles. The number of rotatable bonds is 18. The number of carbonyl (C=O) groups is 2. The monoisotopic (exact) mass is 1040 g/mol. The van der Waals surface area contributed by atoms with Gasteiger partial charge >= 0.3 is 11.9 Å². The minimum atomic E-state index is -0.293. The smallest absolute Gasteiger partial charge is 0.306 e. The first-order valence-corrected chi connectivity index (χ1v) is 25.7. The number of benzene rings is 6. The molecule has 0 fully saturated rings. The van der Waals surface area contributed by atoms with Crippen molar-refractivity contribution in [1.29, 1.82) is 0 Å². The number of halogens is 3. The topological polar surface area (TPSA) is 101 Å². The molecule has 0 saturated carbocycles. The van der Waals surface area contributed by atoms with Crippen molar-refractivity contribution in [3.8, 4) is 45.3 Å². The highest BCUT2D eigenvalue weighted by atomic mass is 35.5. The quantitative estimate of drug-likeness (QED) is 0.0516. The van der Waals surface area contributed by atoms with Gasteiger partial charge in [-0.2, -0.15) is 0 Å². The number of methoxy groups -OCH3 is 4. The van der Waals surface area contributed by atoms with Gasteiger partial charge < -0.3 is 28.8 Å². The lowest BCUT2D eigenvalue weighted by Crippen LogP contribution is -2.13. The minimum Gasteiger partial charge on any atom is -0.508 e. The average molecular weight is 1050 g/mol. The molecule has 0 aliphatic carbocycles. The maximum atomic E-state index is 14.9. The maximum Gasteiger partial charge on any atom is 0.306 e. The zero-order valence-electron chi connectivity index (χ0n) is 45.7. The molecule has 0 amide bonds. The van der Waals surface area contributed by atoms with E-state index in [1.807, 2.05) is 97.9 Å². The van der Waals surface area contributed by atoms with Gasteiger partial charge in [0, 0.05) is 28.8 Å². The molecule has 400 valence electrons. The summed E-state index contributed by atoms with van der Waals surface area (Å²) in [5.41, 5.74) is 8.55. The molecule has 0 aliphatic rings. The van der Waals surface area contributed by atoms with E-state index < -0.39 is 0 Å². The lowest BCUT2D eigenvalue weighted by molar-refractivity contribution is -0.141. The maximum absolute atomic E-state index is 14.9. The number of allylic oxidation sites excluding steroid dienone is 4. The number of carbonyl (C=O) groups excluding carboxylic acids is 2. The summed E-state index contributed by atoms with van der Waals surface area (Å²) in [7, 11) is 5.95. The van der Waals surface area contributed by atoms with Crippen molar-refractivity contribution in [2.45, 2.75) is 116 Å². The molecule has 11 heteroatoms. The van der Waals surface area contributed by atoms with Gasteiger partial charge in [0.15, 0.2) is 0 Å². The second kappa shape index (κ2) is 29.3. The number of phenolic OH excluding ortho intramolecular Hbond substituents is 1. The predicted molar refractivity (Wildman–Crippen MR) is 300 cm³/mol. The molecule has 0 aliphatic heterocycles. The van der Waals surface area contributed by atoms with Crippen molar-refractivity contribution in [3.05, 3.63) is 191 Å². The molecule has 6 rings (SSSR count). The normalized spacial score (nSPS) is 12.2. The number of phenols is 1. The van der Waals surface area contributed by atoms with E-state index in [0.29, 0.717) is 47.3 Å². The fourth-order valence-electron chi connectivity index (χ4n) is 8.20. The van der Waals surface area contributed by atoms with Crippen LogP contribution in [0, 0.1) is 11.6 Å². The Morgan fingerprint density at radius 3 is 1.33 bits per heavy atom. The van der Waals surface area contributed by atoms with E-state index in [9.17, 15) is 23.5 Å². The molecule has 6 aromatic carbocycles. The standard InChI is InChI=1S/C32H37FO4.C18H20ClFO.C14H18O3/c1-7-8-9-24(19-31(34)36-6)23-11-13-25(14-12-23)37-21-22-10-16-29(32(2,3)4)27(18-22)28-20-26(35-5)15-17-30(28)33;1-18(2,3)16-7-5-12(11-19)9-14(16)15-10-13(21-4)6-8-17(15)20;1-3-4-5-12(10-14(16)17-2)11-6-8-13(15)9-7-11/h8-18,20,24H,7,19,21H2,1-6H3;5-10H,11H2,1-4H3;4-9,12,15H,3,10H2,1-2H3/b9-8-;;5-4-/t24-;;12-/m0.0/s1. The molecule has 6 aromatic rings. The molecular formula is C64H75ClF2O8. The third kappa shape index (κ3) is 18.5. The third-order valence-electron chi connectivity index (χ3n) is 12.3. The van der Waals surface area contributed by atoms with Crippen molar-refractivity contribution in [2.75, 3.05) is 28.4 Å². The van der Waals surface area contributed by atoms with E-state index in [0.717, 1.165) is 57.3 Å². The number of hydrogen-bond acceptors (Lipinski definition) is 8. The summed E-state index contributed by atoms with van der Waals surface area (Å²) in [5.74, 6) is 1.53.